The second-order valence-electron chi connectivity index (χ2n) is 8.12. The van der Waals surface area contributed by atoms with E-state index in [0.29, 0.717) is 24.4 Å². The van der Waals surface area contributed by atoms with Crippen molar-refractivity contribution in [3.05, 3.63) is 46.6 Å². The van der Waals surface area contributed by atoms with Crippen LogP contribution >= 0.6 is 11.6 Å². The van der Waals surface area contributed by atoms with Crippen LogP contribution < -0.4 is 4.90 Å². The van der Waals surface area contributed by atoms with Gasteiger partial charge in [-0.1, -0.05) is 37.6 Å². The largest absolute Gasteiger partial charge is 0.481 e. The molecule has 3 aromatic rings. The summed E-state index contributed by atoms with van der Waals surface area (Å²) >= 11 is 6.04. The average molecular weight is 427 g/mol. The molecule has 1 unspecified atom stereocenters. The molecule has 158 valence electrons. The van der Waals surface area contributed by atoms with E-state index in [9.17, 15) is 9.90 Å². The van der Waals surface area contributed by atoms with E-state index in [2.05, 4.69) is 11.8 Å². The zero-order valence-electron chi connectivity index (χ0n) is 17.7. The molecule has 30 heavy (non-hydrogen) atoms. The lowest BCUT2D eigenvalue weighted by atomic mass is 9.77. The Labute approximate surface area is 181 Å². The second-order valence-corrected chi connectivity index (χ2v) is 8.56. The first-order valence-electron chi connectivity index (χ1n) is 10.5. The fraction of sp³-hybridized carbons (Fsp3) is 0.435. The van der Waals surface area contributed by atoms with E-state index in [1.807, 2.05) is 48.7 Å². The molecule has 1 aliphatic rings. The number of benzene rings is 1. The van der Waals surface area contributed by atoms with Crippen LogP contribution in [0.1, 0.15) is 44.4 Å². The summed E-state index contributed by atoms with van der Waals surface area (Å²) in [5.41, 5.74) is 3.92. The summed E-state index contributed by atoms with van der Waals surface area (Å²) in [5, 5.41) is 15.5. The van der Waals surface area contributed by atoms with Crippen molar-refractivity contribution >= 4 is 29.0 Å². The van der Waals surface area contributed by atoms with Crippen LogP contribution in [0.5, 0.6) is 0 Å². The summed E-state index contributed by atoms with van der Waals surface area (Å²) in [7, 11) is 0. The summed E-state index contributed by atoms with van der Waals surface area (Å²) in [6, 6.07) is 9.58. The van der Waals surface area contributed by atoms with Crippen LogP contribution in [0.2, 0.25) is 5.02 Å². The van der Waals surface area contributed by atoms with Gasteiger partial charge in [0.25, 0.3) is 0 Å². The topological polar surface area (TPSA) is 70.7 Å². The highest BCUT2D eigenvalue weighted by atomic mass is 35.5. The van der Waals surface area contributed by atoms with Gasteiger partial charge in [0.2, 0.25) is 0 Å². The average Bonchev–Trinajstić information content (AvgIpc) is 3.16. The van der Waals surface area contributed by atoms with E-state index in [1.54, 1.807) is 0 Å². The Morgan fingerprint density at radius 3 is 2.63 bits per heavy atom. The Balaban J connectivity index is 1.87. The molecule has 1 fully saturated rings. The molecule has 2 aromatic heterocycles. The highest BCUT2D eigenvalue weighted by Crippen LogP contribution is 2.38. The number of anilines is 1. The normalized spacial score (nSPS) is 19.4. The van der Waals surface area contributed by atoms with E-state index in [1.165, 1.54) is 0 Å². The molecule has 1 N–H and O–H groups in total. The SMILES string of the molecule is CCc1c(C)nc2cc(-c3ccc(Cl)cc3)nn2c1N1CCCC(CC)(C(=O)O)C1. The van der Waals surface area contributed by atoms with Gasteiger partial charge in [0, 0.05) is 41.0 Å². The molecular formula is C23H27ClN4O2. The number of hydrogen-bond acceptors (Lipinski definition) is 4. The fourth-order valence-electron chi connectivity index (χ4n) is 4.56. The molecule has 1 aromatic carbocycles. The number of nitrogens with zero attached hydrogens (tertiary/aromatic N) is 4. The molecule has 4 rings (SSSR count). The Hall–Kier alpha value is -2.60. The van der Waals surface area contributed by atoms with Crippen molar-refractivity contribution in [2.45, 2.75) is 46.5 Å². The maximum Gasteiger partial charge on any atom is 0.311 e. The van der Waals surface area contributed by atoms with Gasteiger partial charge >= 0.3 is 5.97 Å². The third-order valence-corrected chi connectivity index (χ3v) is 6.63. The molecule has 6 nitrogen and oxygen atoms in total. The van der Waals surface area contributed by atoms with Crippen LogP contribution in [-0.2, 0) is 11.2 Å². The van der Waals surface area contributed by atoms with E-state index in [4.69, 9.17) is 21.7 Å². The number of aryl methyl sites for hydroxylation is 1. The number of aromatic nitrogens is 3. The van der Waals surface area contributed by atoms with Crippen molar-refractivity contribution in [1.82, 2.24) is 14.6 Å². The van der Waals surface area contributed by atoms with Crippen LogP contribution in [0.15, 0.2) is 30.3 Å². The lowest BCUT2D eigenvalue weighted by molar-refractivity contribution is -0.149. The molecule has 1 saturated heterocycles. The predicted molar refractivity (Wildman–Crippen MR) is 119 cm³/mol. The molecular weight excluding hydrogens is 400 g/mol. The number of fused-ring (bicyclic) bond motifs is 1. The highest BCUT2D eigenvalue weighted by Gasteiger charge is 2.42. The molecule has 0 aliphatic carbocycles. The number of piperidine rings is 1. The van der Waals surface area contributed by atoms with Crippen molar-refractivity contribution in [3.8, 4) is 11.3 Å². The van der Waals surface area contributed by atoms with Gasteiger partial charge in [0.1, 0.15) is 5.82 Å². The van der Waals surface area contributed by atoms with Crippen LogP contribution in [0.4, 0.5) is 5.82 Å². The third kappa shape index (κ3) is 3.43. The quantitative estimate of drug-likeness (QED) is 0.621. The van der Waals surface area contributed by atoms with Crippen molar-refractivity contribution in [2.24, 2.45) is 5.41 Å². The maximum absolute atomic E-state index is 12.1. The standard InChI is InChI=1S/C23H27ClN4O2/c1-4-18-15(3)25-20-13-19(16-7-9-17(24)10-8-16)26-28(20)21(18)27-12-6-11-23(5-2,14-27)22(29)30/h7-10,13H,4-6,11-12,14H2,1-3H3,(H,29,30). The van der Waals surface area contributed by atoms with Crippen LogP contribution in [0.25, 0.3) is 16.9 Å². The first-order valence-corrected chi connectivity index (χ1v) is 10.9. The van der Waals surface area contributed by atoms with Gasteiger partial charge < -0.3 is 10.0 Å². The minimum Gasteiger partial charge on any atom is -0.481 e. The number of rotatable bonds is 5. The van der Waals surface area contributed by atoms with Gasteiger partial charge in [0.15, 0.2) is 5.65 Å². The molecule has 0 bridgehead atoms. The van der Waals surface area contributed by atoms with E-state index in [0.717, 1.165) is 53.4 Å². The van der Waals surface area contributed by atoms with Crippen molar-refractivity contribution in [2.75, 3.05) is 18.0 Å². The van der Waals surface area contributed by atoms with Crippen LogP contribution in [-0.4, -0.2) is 38.8 Å². The number of carbonyl (C=O) groups is 1. The Kier molecular flexibility index (Phi) is 5.45. The second kappa shape index (κ2) is 7.91. The van der Waals surface area contributed by atoms with Gasteiger partial charge in [-0.05, 0) is 44.7 Å². The molecule has 0 radical (unpaired) electrons. The first kappa shape index (κ1) is 20.7. The van der Waals surface area contributed by atoms with Gasteiger partial charge in [-0.15, -0.1) is 0 Å². The van der Waals surface area contributed by atoms with Crippen molar-refractivity contribution < 1.29 is 9.90 Å². The van der Waals surface area contributed by atoms with Crippen LogP contribution in [0.3, 0.4) is 0 Å². The van der Waals surface area contributed by atoms with Crippen LogP contribution in [0, 0.1) is 12.3 Å². The number of aliphatic carboxylic acids is 1. The third-order valence-electron chi connectivity index (χ3n) is 6.38. The first-order chi connectivity index (χ1) is 14.4. The predicted octanol–water partition coefficient (Wildman–Crippen LogP) is 5.00. The van der Waals surface area contributed by atoms with Gasteiger partial charge in [-0.3, -0.25) is 4.79 Å². The monoisotopic (exact) mass is 426 g/mol. The summed E-state index contributed by atoms with van der Waals surface area (Å²) in [4.78, 5) is 19.1. The van der Waals surface area contributed by atoms with E-state index < -0.39 is 11.4 Å². The smallest absolute Gasteiger partial charge is 0.311 e. The van der Waals surface area contributed by atoms with Crippen molar-refractivity contribution in [3.63, 3.8) is 0 Å². The van der Waals surface area contributed by atoms with E-state index in [-0.39, 0.29) is 0 Å². The van der Waals surface area contributed by atoms with E-state index >= 15 is 0 Å². The summed E-state index contributed by atoms with van der Waals surface area (Å²) in [6.45, 7) is 7.40. The summed E-state index contributed by atoms with van der Waals surface area (Å²) < 4.78 is 1.89. The molecule has 1 atom stereocenters. The number of carboxylic acids is 1. The number of carboxylic acid groups (broad SMARTS) is 1. The molecule has 0 saturated carbocycles. The summed E-state index contributed by atoms with van der Waals surface area (Å²) in [5.74, 6) is 0.260. The van der Waals surface area contributed by atoms with Gasteiger partial charge in [-0.2, -0.15) is 9.61 Å². The van der Waals surface area contributed by atoms with Crippen molar-refractivity contribution in [1.29, 1.82) is 0 Å². The van der Waals surface area contributed by atoms with Gasteiger partial charge in [-0.25, -0.2) is 4.98 Å². The lowest BCUT2D eigenvalue weighted by Gasteiger charge is -2.41. The minimum absolute atomic E-state index is 0.487. The minimum atomic E-state index is -0.723. The Morgan fingerprint density at radius 2 is 2.00 bits per heavy atom. The molecule has 0 spiro atoms. The highest BCUT2D eigenvalue weighted by molar-refractivity contribution is 6.30. The number of halogens is 1. The Bertz CT molecular complexity index is 1090. The maximum atomic E-state index is 12.1. The number of hydrogen-bond donors (Lipinski definition) is 1. The molecule has 7 heteroatoms. The summed E-state index contributed by atoms with van der Waals surface area (Å²) in [6.07, 6.45) is 2.97. The molecule has 0 amide bonds. The Morgan fingerprint density at radius 1 is 1.27 bits per heavy atom. The van der Waals surface area contributed by atoms with Gasteiger partial charge in [0.05, 0.1) is 11.1 Å². The zero-order valence-corrected chi connectivity index (χ0v) is 18.4. The molecule has 3 heterocycles. The zero-order chi connectivity index (χ0) is 21.5. The lowest BCUT2D eigenvalue weighted by Crippen LogP contribution is -2.48. The molecule has 1 aliphatic heterocycles. The fourth-order valence-corrected chi connectivity index (χ4v) is 4.69.